The molecule has 0 saturated carbocycles. The van der Waals surface area contributed by atoms with Crippen molar-refractivity contribution in [3.8, 4) is 61.8 Å². The molecule has 10 aromatic carbocycles. The lowest BCUT2D eigenvalue weighted by molar-refractivity contribution is 1.13. The van der Waals surface area contributed by atoms with E-state index in [-0.39, 0.29) is 0 Å². The van der Waals surface area contributed by atoms with E-state index in [4.69, 9.17) is 4.98 Å². The summed E-state index contributed by atoms with van der Waals surface area (Å²) in [5, 5.41) is 7.43. The first kappa shape index (κ1) is 39.0. The van der Waals surface area contributed by atoms with Gasteiger partial charge in [0.2, 0.25) is 0 Å². The zero-order chi connectivity index (χ0) is 45.4. The molecular formula is C65H42N4. The molecule has 0 fully saturated rings. The summed E-state index contributed by atoms with van der Waals surface area (Å²) in [6.07, 6.45) is 0. The summed E-state index contributed by atoms with van der Waals surface area (Å²) in [7, 11) is 0. The van der Waals surface area contributed by atoms with Crippen LogP contribution in [0.4, 0.5) is 0 Å². The fraction of sp³-hybridized carbons (Fsp3) is 0. The minimum Gasteiger partial charge on any atom is -0.309 e. The van der Waals surface area contributed by atoms with Crippen molar-refractivity contribution in [3.05, 3.63) is 255 Å². The maximum Gasteiger partial charge on any atom is 0.0716 e. The average Bonchev–Trinajstić information content (AvgIpc) is 4.07. The first-order chi connectivity index (χ1) is 34.2. The topological polar surface area (TPSA) is 27.7 Å². The first-order valence-corrected chi connectivity index (χ1v) is 23.6. The van der Waals surface area contributed by atoms with Crippen LogP contribution in [0.2, 0.25) is 0 Å². The molecule has 4 heterocycles. The molecule has 0 aliphatic heterocycles. The molecule has 0 radical (unpaired) electrons. The summed E-state index contributed by atoms with van der Waals surface area (Å²) in [5.74, 6) is 0. The Morgan fingerprint density at radius 2 is 0.522 bits per heavy atom. The van der Waals surface area contributed by atoms with Crippen LogP contribution in [0.15, 0.2) is 255 Å². The van der Waals surface area contributed by atoms with E-state index < -0.39 is 0 Å². The van der Waals surface area contributed by atoms with Crippen molar-refractivity contribution in [1.29, 1.82) is 0 Å². The molecule has 4 aromatic heterocycles. The summed E-state index contributed by atoms with van der Waals surface area (Å²) in [6, 6.07) is 92.4. The number of fused-ring (bicyclic) bond motifs is 9. The molecule has 0 spiro atoms. The quantitative estimate of drug-likeness (QED) is 0.157. The fourth-order valence-electron chi connectivity index (χ4n) is 10.9. The summed E-state index contributed by atoms with van der Waals surface area (Å²) in [5.41, 5.74) is 18.8. The van der Waals surface area contributed by atoms with Crippen molar-refractivity contribution in [1.82, 2.24) is 18.7 Å². The lowest BCUT2D eigenvalue weighted by Gasteiger charge is -2.16. The zero-order valence-corrected chi connectivity index (χ0v) is 37.5. The predicted octanol–water partition coefficient (Wildman–Crippen LogP) is 17.0. The van der Waals surface area contributed by atoms with Gasteiger partial charge in [-0.05, 0) is 107 Å². The van der Waals surface area contributed by atoms with Gasteiger partial charge in [-0.15, -0.1) is 0 Å². The molecule has 0 N–H and O–H groups in total. The molecule has 0 bridgehead atoms. The Morgan fingerprint density at radius 3 is 0.971 bits per heavy atom. The number of nitrogens with zero attached hydrogens (tertiary/aromatic N) is 4. The number of hydrogen-bond acceptors (Lipinski definition) is 1. The minimum absolute atomic E-state index is 0.914. The van der Waals surface area contributed by atoms with Crippen molar-refractivity contribution >= 4 is 65.4 Å². The summed E-state index contributed by atoms with van der Waals surface area (Å²) >= 11 is 0. The fourth-order valence-corrected chi connectivity index (χ4v) is 10.9. The lowest BCUT2D eigenvalue weighted by atomic mass is 9.97. The third-order valence-corrected chi connectivity index (χ3v) is 14.0. The summed E-state index contributed by atoms with van der Waals surface area (Å²) < 4.78 is 7.24. The number of hydrogen-bond donors (Lipinski definition) is 0. The molecule has 0 unspecified atom stereocenters. The lowest BCUT2D eigenvalue weighted by Crippen LogP contribution is -2.00. The van der Waals surface area contributed by atoms with E-state index in [2.05, 4.69) is 268 Å². The van der Waals surface area contributed by atoms with Crippen LogP contribution in [0.3, 0.4) is 0 Å². The highest BCUT2D eigenvalue weighted by atomic mass is 15.0. The van der Waals surface area contributed by atoms with Crippen LogP contribution >= 0.6 is 0 Å². The molecule has 0 aliphatic carbocycles. The number of aromatic nitrogens is 4. The summed E-state index contributed by atoms with van der Waals surface area (Å²) in [4.78, 5) is 5.52. The van der Waals surface area contributed by atoms with Gasteiger partial charge in [-0.1, -0.05) is 170 Å². The van der Waals surface area contributed by atoms with Gasteiger partial charge >= 0.3 is 0 Å². The van der Waals surface area contributed by atoms with Crippen molar-refractivity contribution in [2.45, 2.75) is 0 Å². The van der Waals surface area contributed by atoms with Gasteiger partial charge in [0.15, 0.2) is 0 Å². The van der Waals surface area contributed by atoms with Gasteiger partial charge in [0.1, 0.15) is 0 Å². The zero-order valence-electron chi connectivity index (χ0n) is 37.5. The highest BCUT2D eigenvalue weighted by Gasteiger charge is 2.19. The smallest absolute Gasteiger partial charge is 0.0716 e. The Labute approximate surface area is 398 Å². The van der Waals surface area contributed by atoms with Gasteiger partial charge in [-0.2, -0.15) is 0 Å². The van der Waals surface area contributed by atoms with Crippen LogP contribution in [0.1, 0.15) is 0 Å². The molecule has 322 valence electrons. The van der Waals surface area contributed by atoms with Gasteiger partial charge in [0.05, 0.1) is 44.5 Å². The van der Waals surface area contributed by atoms with Gasteiger partial charge < -0.3 is 13.7 Å². The molecule has 69 heavy (non-hydrogen) atoms. The Kier molecular flexibility index (Phi) is 8.86. The van der Waals surface area contributed by atoms with Gasteiger partial charge in [-0.25, -0.2) is 4.98 Å². The van der Waals surface area contributed by atoms with Crippen LogP contribution in [0.5, 0.6) is 0 Å². The van der Waals surface area contributed by atoms with E-state index in [1.54, 1.807) is 0 Å². The van der Waals surface area contributed by atoms with E-state index in [1.165, 1.54) is 65.4 Å². The van der Waals surface area contributed by atoms with Gasteiger partial charge in [0.25, 0.3) is 0 Å². The Morgan fingerprint density at radius 1 is 0.203 bits per heavy atom. The SMILES string of the molecule is c1ccc(-c2cc(-c3cccc(-c4cc(-n5c6ccccc6c6ccccc65)cc(-n5c6ccccc6c6ccccc65)c4)c3)nc(-c3cccc(-n4c5ccccc5c5ccccc54)c3)c2)cc1. The molecule has 0 saturated heterocycles. The molecule has 14 rings (SSSR count). The normalized spacial score (nSPS) is 11.8. The highest BCUT2D eigenvalue weighted by Crippen LogP contribution is 2.40. The second-order valence-electron chi connectivity index (χ2n) is 18.0. The molecular weight excluding hydrogens is 837 g/mol. The second-order valence-corrected chi connectivity index (χ2v) is 18.0. The van der Waals surface area contributed by atoms with Crippen LogP contribution in [0, 0.1) is 0 Å². The van der Waals surface area contributed by atoms with Crippen molar-refractivity contribution in [3.63, 3.8) is 0 Å². The Bertz CT molecular complexity index is 4030. The maximum atomic E-state index is 5.52. The van der Waals surface area contributed by atoms with Crippen LogP contribution < -0.4 is 0 Å². The molecule has 4 nitrogen and oxygen atoms in total. The highest BCUT2D eigenvalue weighted by molar-refractivity contribution is 6.11. The van der Waals surface area contributed by atoms with E-state index in [1.807, 2.05) is 0 Å². The number of pyridine rings is 1. The van der Waals surface area contributed by atoms with Crippen molar-refractivity contribution in [2.24, 2.45) is 0 Å². The molecule has 0 atom stereocenters. The maximum absolute atomic E-state index is 5.52. The molecule has 0 aliphatic rings. The monoisotopic (exact) mass is 878 g/mol. The standard InChI is InChI=1S/C65H42N4/c1-2-18-43(19-3-1)48-40-58(66-59(41-48)46-22-17-23-49(37-46)67-60-30-10-4-24-52(60)53-25-5-11-31-61(53)67)45-21-16-20-44(36-45)47-38-50(68-62-32-12-6-26-54(62)55-27-7-13-33-63(55)68)42-51(39-47)69-64-34-14-8-28-56(64)57-29-9-15-35-65(57)69/h1-42H. The number of para-hydroxylation sites is 6. The van der Waals surface area contributed by atoms with Gasteiger partial charge in [0, 0.05) is 60.5 Å². The molecule has 14 aromatic rings. The first-order valence-electron chi connectivity index (χ1n) is 23.6. The molecule has 0 amide bonds. The summed E-state index contributed by atoms with van der Waals surface area (Å²) in [6.45, 7) is 0. The second kappa shape index (κ2) is 15.7. The van der Waals surface area contributed by atoms with Crippen molar-refractivity contribution < 1.29 is 0 Å². The van der Waals surface area contributed by atoms with Gasteiger partial charge in [-0.3, -0.25) is 0 Å². The van der Waals surface area contributed by atoms with Crippen LogP contribution in [0.25, 0.3) is 127 Å². The molecule has 4 heteroatoms. The number of rotatable bonds is 7. The largest absolute Gasteiger partial charge is 0.309 e. The van der Waals surface area contributed by atoms with E-state index in [0.29, 0.717) is 0 Å². The predicted molar refractivity (Wildman–Crippen MR) is 289 cm³/mol. The van der Waals surface area contributed by atoms with Crippen molar-refractivity contribution in [2.75, 3.05) is 0 Å². The Hall–Kier alpha value is -9.25. The third-order valence-electron chi connectivity index (χ3n) is 14.0. The minimum atomic E-state index is 0.914. The number of benzene rings is 10. The Balaban J connectivity index is 0.963. The van der Waals surface area contributed by atoms with E-state index in [0.717, 1.165) is 61.8 Å². The van der Waals surface area contributed by atoms with Crippen LogP contribution in [-0.2, 0) is 0 Å². The van der Waals surface area contributed by atoms with E-state index in [9.17, 15) is 0 Å². The van der Waals surface area contributed by atoms with E-state index >= 15 is 0 Å². The van der Waals surface area contributed by atoms with Crippen LogP contribution in [-0.4, -0.2) is 18.7 Å². The third kappa shape index (κ3) is 6.34. The average molecular weight is 879 g/mol.